The van der Waals surface area contributed by atoms with E-state index in [2.05, 4.69) is 10.3 Å². The summed E-state index contributed by atoms with van der Waals surface area (Å²) in [6.45, 7) is 0. The van der Waals surface area contributed by atoms with E-state index in [1.165, 1.54) is 24.3 Å². The number of Topliss-reactive ketones (excluding diaryl/α,β-unsaturated/α-hetero) is 2. The second-order valence-electron chi connectivity index (χ2n) is 10.5. The molecule has 12 nitrogen and oxygen atoms in total. The van der Waals surface area contributed by atoms with E-state index in [1.54, 1.807) is 25.1 Å². The third kappa shape index (κ3) is 4.25. The molecule has 2 aromatic rings. The number of aliphatic hydroxyl groups is 3. The van der Waals surface area contributed by atoms with Gasteiger partial charge in [-0.3, -0.25) is 14.4 Å². The molecule has 0 saturated heterocycles. The number of hydrogen-bond acceptors (Lipinski definition) is 9. The summed E-state index contributed by atoms with van der Waals surface area (Å²) in [5, 5.41) is 47.6. The minimum absolute atomic E-state index is 0.0188. The van der Waals surface area contributed by atoms with Gasteiger partial charge in [-0.05, 0) is 54.7 Å². The maximum atomic E-state index is 13.7. The molecular formula is C28H28FN5O7. The monoisotopic (exact) mass is 565 g/mol. The minimum atomic E-state index is -2.66. The van der Waals surface area contributed by atoms with Gasteiger partial charge in [-0.25, -0.2) is 9.38 Å². The number of primary amides is 1. The quantitative estimate of drug-likeness (QED) is 0.162. The van der Waals surface area contributed by atoms with Crippen molar-refractivity contribution < 1.29 is 39.2 Å². The van der Waals surface area contributed by atoms with E-state index in [0.29, 0.717) is 16.9 Å². The maximum absolute atomic E-state index is 13.7. The summed E-state index contributed by atoms with van der Waals surface area (Å²) in [7, 11) is 3.46. The number of halogens is 1. The molecule has 5 rings (SSSR count). The summed E-state index contributed by atoms with van der Waals surface area (Å²) in [5.41, 5.74) is 8.76. The second kappa shape index (κ2) is 9.63. The molecule has 1 fully saturated rings. The van der Waals surface area contributed by atoms with E-state index in [4.69, 9.17) is 11.5 Å². The molecular weight excluding hydrogens is 537 g/mol. The van der Waals surface area contributed by atoms with E-state index in [1.807, 2.05) is 0 Å². The lowest BCUT2D eigenvalue weighted by Gasteiger charge is -2.46. The third-order valence-electron chi connectivity index (χ3n) is 7.86. The number of guanidine groups is 1. The van der Waals surface area contributed by atoms with Crippen molar-refractivity contribution in [3.63, 3.8) is 0 Å². The first-order valence-electron chi connectivity index (χ1n) is 12.7. The number of anilines is 2. The second-order valence-corrected chi connectivity index (χ2v) is 10.5. The number of amides is 1. The zero-order chi connectivity index (χ0) is 30.0. The number of aliphatic imine (C=N–C) groups is 1. The highest BCUT2D eigenvalue weighted by Crippen LogP contribution is 2.54. The number of nitrogens with two attached hydrogens (primary N) is 2. The zero-order valence-corrected chi connectivity index (χ0v) is 22.1. The predicted octanol–water partition coefficient (Wildman–Crippen LogP) is 1.69. The summed E-state index contributed by atoms with van der Waals surface area (Å²) in [5.74, 6) is -7.80. The number of rotatable bonds is 4. The van der Waals surface area contributed by atoms with Crippen LogP contribution in [0.2, 0.25) is 0 Å². The van der Waals surface area contributed by atoms with Crippen LogP contribution in [0.4, 0.5) is 21.5 Å². The molecule has 3 aliphatic rings. The number of carbonyl (C=O) groups excluding carboxylic acids is 3. The summed E-state index contributed by atoms with van der Waals surface area (Å²) < 4.78 is 13.2. The Kier molecular flexibility index (Phi) is 6.49. The predicted molar refractivity (Wildman–Crippen MR) is 147 cm³/mol. The first-order chi connectivity index (χ1) is 19.2. The highest BCUT2D eigenvalue weighted by atomic mass is 19.1. The summed E-state index contributed by atoms with van der Waals surface area (Å²) in [6, 6.07) is 6.86. The van der Waals surface area contributed by atoms with Crippen LogP contribution in [0.5, 0.6) is 5.75 Å². The standard InChI is InChI=1S/C28H28FN5O7/c1-34(2)17-10-16(33-27(31)32-14-5-3-13(29)4-6-14)22(36)20-15(17)8-11-7-12-9-18(35)21(26(30)40)25(39)28(12,41)24(38)19(11)23(20)37/h3-6,10-12,36-37,39,41H,7-9H2,1-2H3,(H2,30,40)(H3,31,32,33)/t11-,12+,28+/m1/s1. The van der Waals surface area contributed by atoms with Gasteiger partial charge < -0.3 is 42.1 Å². The van der Waals surface area contributed by atoms with Crippen molar-refractivity contribution >= 4 is 46.3 Å². The molecule has 0 heterocycles. The molecule has 0 spiro atoms. The molecule has 9 N–H and O–H groups in total. The van der Waals surface area contributed by atoms with Crippen LogP contribution in [0, 0.1) is 17.7 Å². The molecule has 0 unspecified atom stereocenters. The average Bonchev–Trinajstić information content (AvgIpc) is 2.88. The Hall–Kier alpha value is -4.91. The molecule has 0 aromatic heterocycles. The van der Waals surface area contributed by atoms with Crippen molar-refractivity contribution in [3.05, 3.63) is 64.2 Å². The van der Waals surface area contributed by atoms with Gasteiger partial charge in [0, 0.05) is 43.4 Å². The Bertz CT molecular complexity index is 1610. The van der Waals surface area contributed by atoms with Crippen molar-refractivity contribution in [2.75, 3.05) is 24.3 Å². The number of aromatic hydroxyl groups is 1. The van der Waals surface area contributed by atoms with Gasteiger partial charge in [-0.1, -0.05) is 0 Å². The van der Waals surface area contributed by atoms with Crippen LogP contribution in [-0.2, 0) is 20.8 Å². The van der Waals surface area contributed by atoms with Crippen LogP contribution >= 0.6 is 0 Å². The third-order valence-corrected chi connectivity index (χ3v) is 7.86. The van der Waals surface area contributed by atoms with Crippen LogP contribution in [0.1, 0.15) is 24.0 Å². The first kappa shape index (κ1) is 27.6. The molecule has 3 aliphatic carbocycles. The smallest absolute Gasteiger partial charge is 0.255 e. The van der Waals surface area contributed by atoms with E-state index < -0.39 is 70.0 Å². The van der Waals surface area contributed by atoms with Gasteiger partial charge in [0.15, 0.2) is 23.1 Å². The fourth-order valence-electron chi connectivity index (χ4n) is 5.98. The molecule has 41 heavy (non-hydrogen) atoms. The minimum Gasteiger partial charge on any atom is -0.508 e. The normalized spacial score (nSPS) is 24.0. The zero-order valence-electron chi connectivity index (χ0n) is 22.1. The lowest BCUT2D eigenvalue weighted by Crippen LogP contribution is -2.58. The number of nitrogens with zero attached hydrogens (tertiary/aromatic N) is 2. The van der Waals surface area contributed by atoms with Gasteiger partial charge in [0.2, 0.25) is 5.78 Å². The highest BCUT2D eigenvalue weighted by Gasteiger charge is 2.60. The van der Waals surface area contributed by atoms with Crippen LogP contribution in [0.25, 0.3) is 5.76 Å². The van der Waals surface area contributed by atoms with Gasteiger partial charge in [0.1, 0.15) is 28.6 Å². The molecule has 13 heteroatoms. The number of benzene rings is 2. The Morgan fingerprint density at radius 1 is 1.12 bits per heavy atom. The maximum Gasteiger partial charge on any atom is 0.255 e. The SMILES string of the molecule is CN(C)c1cc(N=C(N)Nc2ccc(F)cc2)c(O)c2c1C[C@H]1C[C@H]3CC(=O)C(C(N)=O)=C(O)[C@@]3(O)C(=O)C1=C2O. The Balaban J connectivity index is 1.64. The Labute approximate surface area is 233 Å². The number of fused-ring (bicyclic) bond motifs is 3. The number of ketones is 2. The number of hydrogen-bond donors (Lipinski definition) is 7. The van der Waals surface area contributed by atoms with Crippen molar-refractivity contribution in [1.82, 2.24) is 0 Å². The van der Waals surface area contributed by atoms with Gasteiger partial charge in [0.25, 0.3) is 5.91 Å². The Morgan fingerprint density at radius 3 is 2.39 bits per heavy atom. The number of aliphatic hydroxyl groups excluding tert-OH is 2. The van der Waals surface area contributed by atoms with Gasteiger partial charge in [0.05, 0.1) is 5.56 Å². The fourth-order valence-corrected chi connectivity index (χ4v) is 5.98. The number of carbonyl (C=O) groups is 3. The largest absolute Gasteiger partial charge is 0.508 e. The molecule has 2 aromatic carbocycles. The molecule has 3 atom stereocenters. The molecule has 1 amide bonds. The summed E-state index contributed by atoms with van der Waals surface area (Å²) >= 11 is 0. The molecule has 0 bridgehead atoms. The Morgan fingerprint density at radius 2 is 1.78 bits per heavy atom. The number of phenolic OH excluding ortho intramolecular Hbond substituents is 1. The summed E-state index contributed by atoms with van der Waals surface area (Å²) in [6.07, 6.45) is -0.241. The highest BCUT2D eigenvalue weighted by molar-refractivity contribution is 6.22. The van der Waals surface area contributed by atoms with Crippen molar-refractivity contribution in [1.29, 1.82) is 0 Å². The topological polar surface area (TPSA) is 212 Å². The van der Waals surface area contributed by atoms with Gasteiger partial charge in [-0.2, -0.15) is 0 Å². The van der Waals surface area contributed by atoms with E-state index in [0.717, 1.165) is 0 Å². The molecule has 214 valence electrons. The van der Waals surface area contributed by atoms with Crippen molar-refractivity contribution in [2.45, 2.75) is 24.9 Å². The van der Waals surface area contributed by atoms with Crippen LogP contribution < -0.4 is 21.7 Å². The summed E-state index contributed by atoms with van der Waals surface area (Å²) in [4.78, 5) is 44.0. The van der Waals surface area contributed by atoms with E-state index in [9.17, 15) is 39.2 Å². The van der Waals surface area contributed by atoms with Crippen LogP contribution in [0.15, 0.2) is 52.2 Å². The lowest BCUT2D eigenvalue weighted by atomic mass is 9.59. The van der Waals surface area contributed by atoms with Crippen molar-refractivity contribution in [2.24, 2.45) is 28.3 Å². The fraction of sp³-hybridized carbons (Fsp3) is 0.286. The average molecular weight is 566 g/mol. The van der Waals surface area contributed by atoms with Crippen molar-refractivity contribution in [3.8, 4) is 5.75 Å². The number of phenols is 1. The van der Waals surface area contributed by atoms with Gasteiger partial charge in [-0.15, -0.1) is 0 Å². The molecule has 1 saturated carbocycles. The molecule has 0 aliphatic heterocycles. The van der Waals surface area contributed by atoms with Crippen LogP contribution in [0.3, 0.4) is 0 Å². The molecule has 0 radical (unpaired) electrons. The van der Waals surface area contributed by atoms with E-state index >= 15 is 0 Å². The van der Waals surface area contributed by atoms with E-state index in [-0.39, 0.29) is 35.6 Å². The number of nitrogens with one attached hydrogen (secondary N) is 1. The first-order valence-corrected chi connectivity index (χ1v) is 12.7. The van der Waals surface area contributed by atoms with Crippen LogP contribution in [-0.4, -0.2) is 63.6 Å². The lowest BCUT2D eigenvalue weighted by molar-refractivity contribution is -0.147. The van der Waals surface area contributed by atoms with Gasteiger partial charge >= 0.3 is 0 Å².